The van der Waals surface area contributed by atoms with Gasteiger partial charge in [0.15, 0.2) is 5.78 Å². The predicted octanol–water partition coefficient (Wildman–Crippen LogP) is -1.12. The molecule has 1 unspecified atom stereocenters. The number of halogens is 1. The highest BCUT2D eigenvalue weighted by Crippen LogP contribution is 2.29. The Morgan fingerprint density at radius 2 is 1.87 bits per heavy atom. The van der Waals surface area contributed by atoms with Crippen LogP contribution in [0.1, 0.15) is 16.4 Å². The largest absolute Gasteiger partial charge is 1.00 e. The number of allylic oxidation sites excluding steroid dienone is 1. The van der Waals surface area contributed by atoms with Crippen LogP contribution in [0.2, 0.25) is 0 Å². The molecule has 0 radical (unpaired) electrons. The van der Waals surface area contributed by atoms with Crippen LogP contribution in [0.25, 0.3) is 0 Å². The van der Waals surface area contributed by atoms with Crippen LogP contribution in [-0.2, 0) is 9.53 Å². The second kappa shape index (κ2) is 8.99. The van der Waals surface area contributed by atoms with Crippen molar-refractivity contribution in [2.45, 2.75) is 5.92 Å². The highest BCUT2D eigenvalue weighted by Gasteiger charge is 2.22. The molecule has 1 aromatic heterocycles. The van der Waals surface area contributed by atoms with E-state index in [-0.39, 0.29) is 24.1 Å². The fraction of sp³-hybridized carbons (Fsp3) is 0.278. The molecule has 0 saturated carbocycles. The first-order chi connectivity index (χ1) is 10.8. The topological polar surface area (TPSA) is 30.7 Å². The Morgan fingerprint density at radius 3 is 2.52 bits per heavy atom. The Balaban J connectivity index is 0.00000192. The first-order valence-electron chi connectivity index (χ1n) is 7.57. The van der Waals surface area contributed by atoms with Crippen LogP contribution in [0.15, 0.2) is 60.1 Å². The maximum Gasteiger partial charge on any atom is 0.173 e. The molecule has 1 aliphatic rings. The maximum absolute atomic E-state index is 12.8. The zero-order valence-corrected chi connectivity index (χ0v) is 14.4. The Labute approximate surface area is 147 Å². The minimum absolute atomic E-state index is 0. The summed E-state index contributed by atoms with van der Waals surface area (Å²) in [6.45, 7) is 3.39. The van der Waals surface area contributed by atoms with Crippen molar-refractivity contribution in [2.75, 3.05) is 26.3 Å². The van der Waals surface area contributed by atoms with E-state index in [1.165, 1.54) is 4.90 Å². The van der Waals surface area contributed by atoms with Gasteiger partial charge in [0.25, 0.3) is 0 Å². The molecule has 0 amide bonds. The third kappa shape index (κ3) is 4.75. The molecule has 122 valence electrons. The molecule has 23 heavy (non-hydrogen) atoms. The summed E-state index contributed by atoms with van der Waals surface area (Å²) in [6, 6.07) is 14.0. The van der Waals surface area contributed by atoms with Crippen LogP contribution >= 0.6 is 11.3 Å². The summed E-state index contributed by atoms with van der Waals surface area (Å²) in [7, 11) is 0. The minimum atomic E-state index is -0.196. The zero-order valence-electron chi connectivity index (χ0n) is 12.8. The molecule has 1 saturated heterocycles. The third-order valence-electron chi connectivity index (χ3n) is 3.86. The molecule has 2 aromatic rings. The number of ether oxygens (including phenoxy) is 1. The van der Waals surface area contributed by atoms with Gasteiger partial charge in [-0.3, -0.25) is 4.79 Å². The van der Waals surface area contributed by atoms with Crippen molar-refractivity contribution >= 4 is 17.1 Å². The number of thiophene rings is 1. The summed E-state index contributed by atoms with van der Waals surface area (Å²) in [5.41, 5.74) is 1.05. The van der Waals surface area contributed by atoms with Gasteiger partial charge < -0.3 is 22.0 Å². The van der Waals surface area contributed by atoms with Crippen LogP contribution < -0.4 is 17.3 Å². The first-order valence-corrected chi connectivity index (χ1v) is 8.45. The summed E-state index contributed by atoms with van der Waals surface area (Å²) >= 11 is 1.63. The number of carbonyl (C=O) groups is 1. The lowest BCUT2D eigenvalue weighted by molar-refractivity contribution is -0.856. The number of carbonyl (C=O) groups excluding carboxylic acids is 1. The molecule has 1 atom stereocenters. The third-order valence-corrected chi connectivity index (χ3v) is 4.80. The monoisotopic (exact) mass is 349 g/mol. The van der Waals surface area contributed by atoms with Crippen LogP contribution in [0.3, 0.4) is 0 Å². The summed E-state index contributed by atoms with van der Waals surface area (Å²) in [5, 5.41) is 2.02. The number of ketones is 1. The quantitative estimate of drug-likeness (QED) is 0.693. The van der Waals surface area contributed by atoms with Gasteiger partial charge in [-0.1, -0.05) is 36.4 Å². The molecule has 3 rings (SSSR count). The maximum atomic E-state index is 12.8. The molecular weight excluding hydrogens is 330 g/mol. The van der Waals surface area contributed by atoms with Gasteiger partial charge in [-0.2, -0.15) is 0 Å². The van der Waals surface area contributed by atoms with Gasteiger partial charge in [-0.25, -0.2) is 0 Å². The summed E-state index contributed by atoms with van der Waals surface area (Å²) in [6.07, 6.45) is 3.74. The predicted molar refractivity (Wildman–Crippen MR) is 88.3 cm³/mol. The zero-order chi connectivity index (χ0) is 15.2. The van der Waals surface area contributed by atoms with Gasteiger partial charge in [0.1, 0.15) is 13.1 Å². The van der Waals surface area contributed by atoms with Gasteiger partial charge in [0, 0.05) is 11.0 Å². The lowest BCUT2D eigenvalue weighted by atomic mass is 9.93. The highest BCUT2D eigenvalue weighted by atomic mass is 35.5. The fourth-order valence-corrected chi connectivity index (χ4v) is 3.53. The second-order valence-corrected chi connectivity index (χ2v) is 6.34. The van der Waals surface area contributed by atoms with Crippen molar-refractivity contribution in [1.29, 1.82) is 0 Å². The molecule has 1 aromatic carbocycles. The van der Waals surface area contributed by atoms with Gasteiger partial charge in [-0.15, -0.1) is 11.3 Å². The number of nitrogens with one attached hydrogen (secondary N) is 1. The number of quaternary nitrogens is 1. The molecule has 0 bridgehead atoms. The highest BCUT2D eigenvalue weighted by molar-refractivity contribution is 7.10. The SMILES string of the molecule is O=C(/C=C/[NH+]1CCOCC1)C(c1ccccc1)c1cccs1.[Cl-]. The average Bonchev–Trinajstić information content (AvgIpc) is 3.09. The Kier molecular flexibility index (Phi) is 6.99. The summed E-state index contributed by atoms with van der Waals surface area (Å²) in [5.74, 6) is -0.0504. The van der Waals surface area contributed by atoms with Gasteiger partial charge >= 0.3 is 0 Å². The van der Waals surface area contributed by atoms with Gasteiger partial charge in [0.2, 0.25) is 0 Å². The van der Waals surface area contributed by atoms with Crippen molar-refractivity contribution in [3.63, 3.8) is 0 Å². The van der Waals surface area contributed by atoms with Crippen LogP contribution in [0.5, 0.6) is 0 Å². The number of benzene rings is 1. The fourth-order valence-electron chi connectivity index (χ4n) is 2.67. The normalized spacial score (nSPS) is 16.9. The molecule has 2 heterocycles. The average molecular weight is 350 g/mol. The van der Waals surface area contributed by atoms with Crippen molar-refractivity contribution in [3.05, 3.63) is 70.6 Å². The number of rotatable bonds is 5. The van der Waals surface area contributed by atoms with E-state index < -0.39 is 0 Å². The van der Waals surface area contributed by atoms with Gasteiger partial charge in [0.05, 0.1) is 25.3 Å². The van der Waals surface area contributed by atoms with Crippen molar-refractivity contribution in [2.24, 2.45) is 0 Å². The molecule has 3 nitrogen and oxygen atoms in total. The standard InChI is InChI=1S/C18H19NO2S.ClH/c20-16(8-9-19-10-12-21-13-11-19)18(17-7-4-14-22-17)15-5-2-1-3-6-15;/h1-9,14,18H,10-13H2;1H/b9-8+;. The minimum Gasteiger partial charge on any atom is -1.00 e. The summed E-state index contributed by atoms with van der Waals surface area (Å²) < 4.78 is 5.34. The lowest BCUT2D eigenvalue weighted by Crippen LogP contribution is -3.09. The van der Waals surface area contributed by atoms with Crippen LogP contribution in [-0.4, -0.2) is 32.1 Å². The first kappa shape index (κ1) is 17.9. The molecular formula is C18H20ClNO2S. The van der Waals surface area contributed by atoms with Crippen molar-refractivity contribution in [1.82, 2.24) is 0 Å². The van der Waals surface area contributed by atoms with E-state index in [0.717, 1.165) is 36.7 Å². The van der Waals surface area contributed by atoms with Crippen LogP contribution in [0.4, 0.5) is 0 Å². The van der Waals surface area contributed by atoms with E-state index in [0.29, 0.717) is 0 Å². The number of morpholine rings is 1. The van der Waals surface area contributed by atoms with E-state index in [2.05, 4.69) is 0 Å². The molecule has 1 fully saturated rings. The Hall–Kier alpha value is -1.46. The van der Waals surface area contributed by atoms with E-state index in [1.54, 1.807) is 17.4 Å². The van der Waals surface area contributed by atoms with E-state index in [1.807, 2.05) is 54.0 Å². The molecule has 5 heteroatoms. The second-order valence-electron chi connectivity index (χ2n) is 5.37. The van der Waals surface area contributed by atoms with Crippen molar-refractivity contribution in [3.8, 4) is 0 Å². The number of hydrogen-bond acceptors (Lipinski definition) is 3. The number of hydrogen-bond donors (Lipinski definition) is 1. The van der Waals surface area contributed by atoms with E-state index >= 15 is 0 Å². The lowest BCUT2D eigenvalue weighted by Gasteiger charge is -2.20. The molecule has 0 aliphatic carbocycles. The summed E-state index contributed by atoms with van der Waals surface area (Å²) in [4.78, 5) is 15.2. The smallest absolute Gasteiger partial charge is 0.173 e. The van der Waals surface area contributed by atoms with Gasteiger partial charge in [-0.05, 0) is 17.0 Å². The van der Waals surface area contributed by atoms with E-state index in [4.69, 9.17) is 4.74 Å². The van der Waals surface area contributed by atoms with E-state index in [9.17, 15) is 4.79 Å². The van der Waals surface area contributed by atoms with Crippen LogP contribution in [0, 0.1) is 0 Å². The molecule has 1 N–H and O–H groups in total. The van der Waals surface area contributed by atoms with Crippen molar-refractivity contribution < 1.29 is 26.8 Å². The molecule has 0 spiro atoms. The Morgan fingerprint density at radius 1 is 1.13 bits per heavy atom. The Bertz CT molecular complexity index is 622. The molecule has 1 aliphatic heterocycles.